The maximum Gasteiger partial charge on any atom is 0.259 e. The molecular formula is C24H28N6O3. The van der Waals surface area contributed by atoms with E-state index in [1.165, 1.54) is 0 Å². The average Bonchev–Trinajstić information content (AvgIpc) is 3.17. The second-order valence-corrected chi connectivity index (χ2v) is 8.16. The third kappa shape index (κ3) is 4.52. The lowest BCUT2D eigenvalue weighted by Crippen LogP contribution is -2.38. The molecule has 3 aromatic rings. The first-order valence-electron chi connectivity index (χ1n) is 10.9. The summed E-state index contributed by atoms with van der Waals surface area (Å²) < 4.78 is 6.98. The summed E-state index contributed by atoms with van der Waals surface area (Å²) in [6.45, 7) is 3.16. The van der Waals surface area contributed by atoms with Crippen molar-refractivity contribution in [2.24, 2.45) is 7.05 Å². The molecule has 0 spiro atoms. The molecule has 0 aliphatic carbocycles. The van der Waals surface area contributed by atoms with Crippen LogP contribution in [0.2, 0.25) is 0 Å². The van der Waals surface area contributed by atoms with E-state index < -0.39 is 0 Å². The smallest absolute Gasteiger partial charge is 0.259 e. The highest BCUT2D eigenvalue weighted by Crippen LogP contribution is 2.30. The predicted molar refractivity (Wildman–Crippen MR) is 125 cm³/mol. The van der Waals surface area contributed by atoms with E-state index >= 15 is 0 Å². The average molecular weight is 449 g/mol. The Bertz CT molecular complexity index is 1180. The van der Waals surface area contributed by atoms with Crippen LogP contribution in [0.3, 0.4) is 0 Å². The Hall–Kier alpha value is -3.88. The Kier molecular flexibility index (Phi) is 6.30. The van der Waals surface area contributed by atoms with Crippen molar-refractivity contribution in [1.29, 1.82) is 0 Å². The maximum atomic E-state index is 12.8. The number of piperidine rings is 1. The number of nitrogens with zero attached hydrogens (tertiary/aromatic N) is 4. The number of nitrogen functional groups attached to an aromatic ring is 1. The molecule has 2 amide bonds. The van der Waals surface area contributed by atoms with Crippen LogP contribution in [0.5, 0.6) is 5.75 Å². The molecule has 1 fully saturated rings. The fourth-order valence-corrected chi connectivity index (χ4v) is 4.10. The minimum atomic E-state index is -0.344. The quantitative estimate of drug-likeness (QED) is 0.620. The number of methoxy groups -OCH3 is 1. The van der Waals surface area contributed by atoms with Gasteiger partial charge < -0.3 is 20.7 Å². The van der Waals surface area contributed by atoms with Gasteiger partial charge in [0, 0.05) is 37.4 Å². The molecule has 33 heavy (non-hydrogen) atoms. The maximum absolute atomic E-state index is 12.8. The topological polar surface area (TPSA) is 115 Å². The minimum absolute atomic E-state index is 0.00915. The number of aromatic nitrogens is 3. The molecule has 1 aliphatic heterocycles. The monoisotopic (exact) mass is 448 g/mol. The Morgan fingerprint density at radius 2 is 1.85 bits per heavy atom. The molecule has 1 aromatic carbocycles. The van der Waals surface area contributed by atoms with Crippen LogP contribution in [0, 0.1) is 6.92 Å². The van der Waals surface area contributed by atoms with E-state index in [1.54, 1.807) is 36.2 Å². The molecule has 3 N–H and O–H groups in total. The summed E-state index contributed by atoms with van der Waals surface area (Å²) in [7, 11) is 3.38. The lowest BCUT2D eigenvalue weighted by Gasteiger charge is -2.31. The highest BCUT2D eigenvalue weighted by Gasteiger charge is 2.27. The van der Waals surface area contributed by atoms with E-state index in [0.29, 0.717) is 35.7 Å². The fourth-order valence-electron chi connectivity index (χ4n) is 4.10. The van der Waals surface area contributed by atoms with Crippen molar-refractivity contribution in [3.05, 3.63) is 65.1 Å². The number of aryl methyl sites for hydroxylation is 1. The molecule has 1 aliphatic rings. The van der Waals surface area contributed by atoms with E-state index in [2.05, 4.69) is 15.4 Å². The Labute approximate surface area is 192 Å². The second-order valence-electron chi connectivity index (χ2n) is 8.16. The van der Waals surface area contributed by atoms with Crippen molar-refractivity contribution in [3.63, 3.8) is 0 Å². The molecule has 0 radical (unpaired) electrons. The highest BCUT2D eigenvalue weighted by molar-refractivity contribution is 6.07. The number of nitrogens with one attached hydrogen (secondary N) is 1. The standard InChI is InChI=1S/C24H28N6O3/c1-15-18(14-26-29(15)2)24(32)30-12-10-16(11-13-30)19-9-8-17(22(25)27-19)23(31)28-20-6-4-5-7-21(20)33-3/h4-9,14,16H,10-13H2,1-3H3,(H2,25,27)(H,28,31). The van der Waals surface area contributed by atoms with Crippen molar-refractivity contribution < 1.29 is 14.3 Å². The van der Waals surface area contributed by atoms with E-state index in [-0.39, 0.29) is 23.6 Å². The van der Waals surface area contributed by atoms with Crippen molar-refractivity contribution >= 4 is 23.3 Å². The number of nitrogens with two attached hydrogens (primary N) is 1. The lowest BCUT2D eigenvalue weighted by molar-refractivity contribution is 0.0711. The molecule has 3 heterocycles. The third-order valence-corrected chi connectivity index (χ3v) is 6.21. The van der Waals surface area contributed by atoms with Crippen LogP contribution >= 0.6 is 0 Å². The summed E-state index contributed by atoms with van der Waals surface area (Å²) in [4.78, 5) is 31.9. The Morgan fingerprint density at radius 3 is 2.48 bits per heavy atom. The molecule has 0 unspecified atom stereocenters. The van der Waals surface area contributed by atoms with Gasteiger partial charge in [-0.3, -0.25) is 14.3 Å². The highest BCUT2D eigenvalue weighted by atomic mass is 16.5. The number of hydrogen-bond donors (Lipinski definition) is 2. The molecular weight excluding hydrogens is 420 g/mol. The van der Waals surface area contributed by atoms with Gasteiger partial charge in [-0.25, -0.2) is 4.98 Å². The molecule has 0 bridgehead atoms. The number of para-hydroxylation sites is 2. The van der Waals surface area contributed by atoms with Crippen LogP contribution in [0.4, 0.5) is 11.5 Å². The molecule has 9 heteroatoms. The molecule has 172 valence electrons. The number of benzene rings is 1. The van der Waals surface area contributed by atoms with E-state index in [0.717, 1.165) is 24.2 Å². The first kappa shape index (κ1) is 22.3. The second kappa shape index (κ2) is 9.32. The van der Waals surface area contributed by atoms with Crippen LogP contribution in [-0.2, 0) is 7.05 Å². The number of pyridine rings is 1. The van der Waals surface area contributed by atoms with Crippen molar-refractivity contribution in [2.75, 3.05) is 31.2 Å². The van der Waals surface area contributed by atoms with E-state index in [4.69, 9.17) is 10.5 Å². The summed E-state index contributed by atoms with van der Waals surface area (Å²) >= 11 is 0. The van der Waals surface area contributed by atoms with Gasteiger partial charge in [-0.2, -0.15) is 5.10 Å². The van der Waals surface area contributed by atoms with Gasteiger partial charge in [-0.1, -0.05) is 12.1 Å². The molecule has 0 atom stereocenters. The van der Waals surface area contributed by atoms with Gasteiger partial charge in [0.05, 0.1) is 30.1 Å². The minimum Gasteiger partial charge on any atom is -0.495 e. The molecule has 4 rings (SSSR count). The summed E-state index contributed by atoms with van der Waals surface area (Å²) in [5.74, 6) is 0.594. The van der Waals surface area contributed by atoms with Crippen LogP contribution in [-0.4, -0.2) is 51.7 Å². The predicted octanol–water partition coefficient (Wildman–Crippen LogP) is 2.99. The summed E-state index contributed by atoms with van der Waals surface area (Å²) in [5.41, 5.74) is 9.36. The third-order valence-electron chi connectivity index (χ3n) is 6.21. The fraction of sp³-hybridized carbons (Fsp3) is 0.333. The Balaban J connectivity index is 1.41. The van der Waals surface area contributed by atoms with Gasteiger partial charge in [-0.15, -0.1) is 0 Å². The zero-order valence-electron chi connectivity index (χ0n) is 19.0. The zero-order valence-corrected chi connectivity index (χ0v) is 19.0. The summed E-state index contributed by atoms with van der Waals surface area (Å²) in [6, 6.07) is 10.7. The van der Waals surface area contributed by atoms with Crippen LogP contribution in [0.15, 0.2) is 42.6 Å². The number of carbonyl (C=O) groups is 2. The number of anilines is 2. The molecule has 2 aromatic heterocycles. The number of likely N-dealkylation sites (tertiary alicyclic amines) is 1. The molecule has 9 nitrogen and oxygen atoms in total. The number of hydrogen-bond acceptors (Lipinski definition) is 6. The largest absolute Gasteiger partial charge is 0.495 e. The normalized spacial score (nSPS) is 14.2. The van der Waals surface area contributed by atoms with Crippen LogP contribution < -0.4 is 15.8 Å². The van der Waals surface area contributed by atoms with Crippen molar-refractivity contribution in [2.45, 2.75) is 25.7 Å². The van der Waals surface area contributed by atoms with Gasteiger partial charge in [0.15, 0.2) is 0 Å². The number of rotatable bonds is 5. The lowest BCUT2D eigenvalue weighted by atomic mass is 9.92. The zero-order chi connectivity index (χ0) is 23.5. The van der Waals surface area contributed by atoms with Crippen LogP contribution in [0.25, 0.3) is 0 Å². The van der Waals surface area contributed by atoms with Crippen molar-refractivity contribution in [1.82, 2.24) is 19.7 Å². The number of ether oxygens (including phenoxy) is 1. The van der Waals surface area contributed by atoms with Gasteiger partial charge >= 0.3 is 0 Å². The van der Waals surface area contributed by atoms with Gasteiger partial charge in [-0.05, 0) is 44.0 Å². The summed E-state index contributed by atoms with van der Waals surface area (Å²) in [5, 5.41) is 6.99. The summed E-state index contributed by atoms with van der Waals surface area (Å²) in [6.07, 6.45) is 3.19. The van der Waals surface area contributed by atoms with E-state index in [1.807, 2.05) is 37.1 Å². The van der Waals surface area contributed by atoms with Crippen molar-refractivity contribution in [3.8, 4) is 5.75 Å². The Morgan fingerprint density at radius 1 is 1.12 bits per heavy atom. The first-order valence-corrected chi connectivity index (χ1v) is 10.9. The van der Waals surface area contributed by atoms with Gasteiger partial charge in [0.1, 0.15) is 11.6 Å². The molecule has 0 saturated carbocycles. The van der Waals surface area contributed by atoms with Gasteiger partial charge in [0.2, 0.25) is 0 Å². The number of carbonyl (C=O) groups excluding carboxylic acids is 2. The van der Waals surface area contributed by atoms with E-state index in [9.17, 15) is 9.59 Å². The first-order chi connectivity index (χ1) is 15.9. The molecule has 1 saturated heterocycles. The van der Waals surface area contributed by atoms with Crippen LogP contribution in [0.1, 0.15) is 50.9 Å². The van der Waals surface area contributed by atoms with Gasteiger partial charge in [0.25, 0.3) is 11.8 Å². The SMILES string of the molecule is COc1ccccc1NC(=O)c1ccc(C2CCN(C(=O)c3cnn(C)c3C)CC2)nc1N. The number of amides is 2.